The summed E-state index contributed by atoms with van der Waals surface area (Å²) < 4.78 is 25.2. The normalized spacial score (nSPS) is 12.0. The minimum absolute atomic E-state index is 0.141. The van der Waals surface area contributed by atoms with Crippen molar-refractivity contribution in [2.75, 3.05) is 14.1 Å². The van der Waals surface area contributed by atoms with Crippen molar-refractivity contribution in [2.24, 2.45) is 0 Å². The number of benzene rings is 2. The van der Waals surface area contributed by atoms with Crippen molar-refractivity contribution in [1.82, 2.24) is 4.31 Å². The highest BCUT2D eigenvalue weighted by molar-refractivity contribution is 7.89. The summed E-state index contributed by atoms with van der Waals surface area (Å²) in [6, 6.07) is 9.42. The third-order valence-electron chi connectivity index (χ3n) is 3.86. The Kier molecular flexibility index (Phi) is 5.45. The predicted octanol–water partition coefficient (Wildman–Crippen LogP) is 3.16. The third-order valence-corrected chi connectivity index (χ3v) is 5.69. The van der Waals surface area contributed by atoms with E-state index in [0.717, 1.165) is 21.0 Å². The SMILES string of the molecule is Cc1cc(/C=C/C(=O)c2ccc(S(=O)(=O)N(C)C)cc2)cc(C)c1O. The predicted molar refractivity (Wildman–Crippen MR) is 98.3 cm³/mol. The lowest BCUT2D eigenvalue weighted by atomic mass is 10.0. The van der Waals surface area contributed by atoms with Gasteiger partial charge < -0.3 is 5.11 Å². The van der Waals surface area contributed by atoms with Gasteiger partial charge in [-0.15, -0.1) is 0 Å². The van der Waals surface area contributed by atoms with Crippen molar-refractivity contribution < 1.29 is 18.3 Å². The van der Waals surface area contributed by atoms with Crippen LogP contribution in [0.2, 0.25) is 0 Å². The second kappa shape index (κ2) is 7.21. The Labute approximate surface area is 148 Å². The summed E-state index contributed by atoms with van der Waals surface area (Å²) in [4.78, 5) is 12.4. The molecule has 0 fully saturated rings. The molecule has 0 unspecified atom stereocenters. The molecule has 2 rings (SSSR count). The molecule has 2 aromatic rings. The van der Waals surface area contributed by atoms with Gasteiger partial charge in [-0.05, 0) is 73.0 Å². The average molecular weight is 359 g/mol. The van der Waals surface area contributed by atoms with Gasteiger partial charge in [0.1, 0.15) is 5.75 Å². The summed E-state index contributed by atoms with van der Waals surface area (Å²) in [6.07, 6.45) is 3.10. The first-order valence-corrected chi connectivity index (χ1v) is 9.12. The molecular weight excluding hydrogens is 338 g/mol. The highest BCUT2D eigenvalue weighted by Crippen LogP contribution is 2.23. The van der Waals surface area contributed by atoms with E-state index in [-0.39, 0.29) is 16.4 Å². The molecule has 0 saturated heterocycles. The van der Waals surface area contributed by atoms with Crippen molar-refractivity contribution >= 4 is 21.9 Å². The number of hydrogen-bond acceptors (Lipinski definition) is 4. The number of aryl methyl sites for hydroxylation is 2. The maximum atomic E-state index is 12.3. The van der Waals surface area contributed by atoms with Gasteiger partial charge in [-0.25, -0.2) is 12.7 Å². The van der Waals surface area contributed by atoms with Gasteiger partial charge >= 0.3 is 0 Å². The number of aromatic hydroxyl groups is 1. The van der Waals surface area contributed by atoms with E-state index in [9.17, 15) is 18.3 Å². The van der Waals surface area contributed by atoms with Crippen molar-refractivity contribution in [3.05, 3.63) is 64.7 Å². The number of sulfonamides is 1. The maximum Gasteiger partial charge on any atom is 0.242 e. The molecule has 0 atom stereocenters. The first-order valence-electron chi connectivity index (χ1n) is 7.68. The van der Waals surface area contributed by atoms with E-state index < -0.39 is 10.0 Å². The minimum Gasteiger partial charge on any atom is -0.507 e. The van der Waals surface area contributed by atoms with Crippen molar-refractivity contribution in [3.8, 4) is 5.75 Å². The molecule has 5 nitrogen and oxygen atoms in total. The van der Waals surface area contributed by atoms with Gasteiger partial charge in [0, 0.05) is 19.7 Å². The number of hydrogen-bond donors (Lipinski definition) is 1. The molecule has 0 aliphatic carbocycles. The highest BCUT2D eigenvalue weighted by atomic mass is 32.2. The van der Waals surface area contributed by atoms with Crippen LogP contribution in [0.4, 0.5) is 0 Å². The van der Waals surface area contributed by atoms with Crippen LogP contribution in [0.3, 0.4) is 0 Å². The fourth-order valence-corrected chi connectivity index (χ4v) is 3.26. The summed E-state index contributed by atoms with van der Waals surface area (Å²) in [6.45, 7) is 3.59. The largest absolute Gasteiger partial charge is 0.507 e. The van der Waals surface area contributed by atoms with Crippen LogP contribution in [0, 0.1) is 13.8 Å². The van der Waals surface area contributed by atoms with E-state index >= 15 is 0 Å². The Morgan fingerprint density at radius 2 is 1.56 bits per heavy atom. The van der Waals surface area contributed by atoms with Gasteiger partial charge in [0.05, 0.1) is 4.90 Å². The monoisotopic (exact) mass is 359 g/mol. The van der Waals surface area contributed by atoms with Gasteiger partial charge in [0.2, 0.25) is 10.0 Å². The first-order chi connectivity index (χ1) is 11.6. The summed E-state index contributed by atoms with van der Waals surface area (Å²) in [5, 5.41) is 9.77. The van der Waals surface area contributed by atoms with E-state index in [0.29, 0.717) is 5.56 Å². The Bertz CT molecular complexity index is 903. The molecule has 0 aromatic heterocycles. The van der Waals surface area contributed by atoms with E-state index in [4.69, 9.17) is 0 Å². The molecule has 0 bridgehead atoms. The van der Waals surface area contributed by atoms with Gasteiger partial charge in [0.25, 0.3) is 0 Å². The summed E-state index contributed by atoms with van der Waals surface area (Å²) in [7, 11) is -0.594. The van der Waals surface area contributed by atoms with Crippen LogP contribution in [0.15, 0.2) is 47.4 Å². The Balaban J connectivity index is 2.22. The second-order valence-electron chi connectivity index (χ2n) is 6.01. The van der Waals surface area contributed by atoms with Crippen LogP contribution in [-0.2, 0) is 10.0 Å². The molecule has 1 N–H and O–H groups in total. The van der Waals surface area contributed by atoms with Crippen LogP contribution in [-0.4, -0.2) is 37.7 Å². The molecular formula is C19H21NO4S. The number of phenols is 1. The fourth-order valence-electron chi connectivity index (χ4n) is 2.36. The highest BCUT2D eigenvalue weighted by Gasteiger charge is 2.17. The molecule has 6 heteroatoms. The van der Waals surface area contributed by atoms with Crippen LogP contribution in [0.25, 0.3) is 6.08 Å². The first kappa shape index (κ1) is 18.9. The summed E-state index contributed by atoms with van der Waals surface area (Å²) >= 11 is 0. The lowest BCUT2D eigenvalue weighted by Gasteiger charge is -2.11. The molecule has 0 aliphatic heterocycles. The lowest BCUT2D eigenvalue weighted by molar-refractivity contribution is 0.104. The van der Waals surface area contributed by atoms with E-state index in [1.807, 2.05) is 0 Å². The van der Waals surface area contributed by atoms with Crippen LogP contribution >= 0.6 is 0 Å². The molecule has 0 saturated carbocycles. The second-order valence-corrected chi connectivity index (χ2v) is 8.16. The topological polar surface area (TPSA) is 74.7 Å². The Morgan fingerprint density at radius 3 is 2.04 bits per heavy atom. The number of rotatable bonds is 5. The zero-order valence-corrected chi connectivity index (χ0v) is 15.5. The van der Waals surface area contributed by atoms with Gasteiger partial charge in [0.15, 0.2) is 5.78 Å². The number of phenolic OH excluding ortho intramolecular Hbond substituents is 1. The van der Waals surface area contributed by atoms with Gasteiger partial charge in [-0.1, -0.05) is 6.08 Å². The van der Waals surface area contributed by atoms with Gasteiger partial charge in [-0.3, -0.25) is 4.79 Å². The van der Waals surface area contributed by atoms with E-state index in [1.165, 1.54) is 44.4 Å². The number of carbonyl (C=O) groups excluding carboxylic acids is 1. The van der Waals surface area contributed by atoms with E-state index in [1.54, 1.807) is 32.1 Å². The molecule has 2 aromatic carbocycles. The number of ketones is 1. The zero-order valence-electron chi connectivity index (χ0n) is 14.6. The van der Waals surface area contributed by atoms with Crippen LogP contribution in [0.5, 0.6) is 5.75 Å². The molecule has 25 heavy (non-hydrogen) atoms. The van der Waals surface area contributed by atoms with E-state index in [2.05, 4.69) is 0 Å². The molecule has 132 valence electrons. The minimum atomic E-state index is -3.51. The number of nitrogens with zero attached hydrogens (tertiary/aromatic N) is 1. The third kappa shape index (κ3) is 4.15. The standard InChI is InChI=1S/C19H21NO4S/c1-13-11-15(12-14(2)19(13)22)5-10-18(21)16-6-8-17(9-7-16)25(23,24)20(3)4/h5-12,22H,1-4H3/b10-5+. The molecule has 0 aliphatic rings. The molecule has 0 heterocycles. The van der Waals surface area contributed by atoms with Crippen LogP contribution in [0.1, 0.15) is 27.0 Å². The summed E-state index contributed by atoms with van der Waals surface area (Å²) in [5.41, 5.74) is 2.70. The Hall–Kier alpha value is -2.44. The average Bonchev–Trinajstić information content (AvgIpc) is 2.57. The van der Waals surface area contributed by atoms with Crippen molar-refractivity contribution in [2.45, 2.75) is 18.7 Å². The Morgan fingerprint density at radius 1 is 1.04 bits per heavy atom. The lowest BCUT2D eigenvalue weighted by Crippen LogP contribution is -2.22. The summed E-state index contributed by atoms with van der Waals surface area (Å²) in [5.74, 6) is 0.0262. The smallest absolute Gasteiger partial charge is 0.242 e. The fraction of sp³-hybridized carbons (Fsp3) is 0.211. The van der Waals surface area contributed by atoms with Gasteiger partial charge in [-0.2, -0.15) is 0 Å². The maximum absolute atomic E-state index is 12.3. The van der Waals surface area contributed by atoms with Crippen molar-refractivity contribution in [3.63, 3.8) is 0 Å². The molecule has 0 spiro atoms. The quantitative estimate of drug-likeness (QED) is 0.657. The molecule has 0 radical (unpaired) electrons. The van der Waals surface area contributed by atoms with Crippen molar-refractivity contribution in [1.29, 1.82) is 0 Å². The number of carbonyl (C=O) groups is 1. The molecule has 0 amide bonds. The van der Waals surface area contributed by atoms with Crippen LogP contribution < -0.4 is 0 Å². The zero-order chi connectivity index (χ0) is 18.8. The number of allylic oxidation sites excluding steroid dienone is 1.